The summed E-state index contributed by atoms with van der Waals surface area (Å²) >= 11 is 0. The summed E-state index contributed by atoms with van der Waals surface area (Å²) in [5, 5.41) is 120. The van der Waals surface area contributed by atoms with Crippen molar-refractivity contribution in [3.63, 3.8) is 0 Å². The van der Waals surface area contributed by atoms with Crippen LogP contribution in [0.1, 0.15) is 187 Å². The molecule has 3 aliphatic heterocycles. The van der Waals surface area contributed by atoms with Gasteiger partial charge in [0.15, 0.2) is 18.9 Å². The van der Waals surface area contributed by atoms with Crippen LogP contribution in [0.25, 0.3) is 0 Å². The molecule has 0 aliphatic carbocycles. The number of carbonyl (C=O) groups is 1. The molecule has 0 radical (unpaired) electrons. The third kappa shape index (κ3) is 33.3. The summed E-state index contributed by atoms with van der Waals surface area (Å²) in [5.41, 5.74) is 0. The van der Waals surface area contributed by atoms with Crippen LogP contribution in [-0.2, 0) is 33.2 Å². The molecule has 3 saturated heterocycles. The van der Waals surface area contributed by atoms with Gasteiger partial charge in [-0.05, 0) is 96.3 Å². The van der Waals surface area contributed by atoms with Crippen molar-refractivity contribution < 1.29 is 89.4 Å². The van der Waals surface area contributed by atoms with Gasteiger partial charge in [-0.3, -0.25) is 4.79 Å². The lowest BCUT2D eigenvalue weighted by Gasteiger charge is -2.48. The fraction of sp³-hybridized carbons (Fsp3) is 0.704. The maximum absolute atomic E-state index is 13.3. The number of aliphatic hydroxyl groups excluding tert-OH is 11. The highest BCUT2D eigenvalue weighted by Gasteiger charge is 2.53. The van der Waals surface area contributed by atoms with Crippen molar-refractivity contribution >= 4 is 5.91 Å². The van der Waals surface area contributed by atoms with Crippen LogP contribution < -0.4 is 5.32 Å². The van der Waals surface area contributed by atoms with Gasteiger partial charge in [-0.25, -0.2) is 0 Å². The predicted octanol–water partition coefficient (Wildman–Crippen LogP) is 8.43. The third-order valence-electron chi connectivity index (χ3n) is 16.0. The molecule has 3 heterocycles. The van der Waals surface area contributed by atoms with Crippen LogP contribution in [0.15, 0.2) is 122 Å². The van der Waals surface area contributed by atoms with Crippen molar-refractivity contribution in [2.24, 2.45) is 0 Å². The number of unbranched alkanes of at least 4 members (excludes halogenated alkanes) is 15. The standard InChI is InChI=1S/C71H117NO18/c1-3-5-7-9-11-13-15-16-17-18-19-20-21-22-23-24-25-26-27-28-29-30-31-32-33-34-35-36-37-38-39-41-43-45-47-49-59(77)72-54(55(76)48-46-44-42-40-14-12-10-8-6-4-2)53-85-69-65(83)62(80)67(57(51-74)87-69)90-71-66(84)63(81)68(58(52-75)88-71)89-70-64(82)61(79)60(78)56(50-73)86-70/h5-8,11,13-14,16-17,19-20,22-23,25-26,28-29,40,46,48,54-58,60-71,73-76,78-84H,3-4,9-10,12,15,18,21,24,27,30-39,41-45,47,49-53H2,1-2H3,(H,72,77)/b7-5-,8-6+,13-11-,17-16-,20-19-,23-22-,26-25-,29-28-,40-14+,48-46+. The second-order valence-corrected chi connectivity index (χ2v) is 23.5. The molecule has 3 aliphatic rings. The maximum Gasteiger partial charge on any atom is 0.220 e. The number of rotatable bonds is 49. The van der Waals surface area contributed by atoms with Gasteiger partial charge in [-0.1, -0.05) is 206 Å². The Morgan fingerprint density at radius 3 is 1.20 bits per heavy atom. The van der Waals surface area contributed by atoms with E-state index in [1.54, 1.807) is 6.08 Å². The van der Waals surface area contributed by atoms with Crippen LogP contribution in [0.4, 0.5) is 0 Å². The minimum atomic E-state index is -1.99. The molecule has 0 bridgehead atoms. The Labute approximate surface area is 538 Å². The third-order valence-corrected chi connectivity index (χ3v) is 16.0. The largest absolute Gasteiger partial charge is 0.394 e. The Morgan fingerprint density at radius 2 is 0.744 bits per heavy atom. The molecule has 0 aromatic carbocycles. The number of hydrogen-bond donors (Lipinski definition) is 12. The van der Waals surface area contributed by atoms with Gasteiger partial charge in [0.05, 0.1) is 38.6 Å². The number of allylic oxidation sites excluding steroid dienone is 19. The van der Waals surface area contributed by atoms with Crippen LogP contribution >= 0.6 is 0 Å². The molecular weight excluding hydrogens is 1150 g/mol. The van der Waals surface area contributed by atoms with E-state index in [0.717, 1.165) is 103 Å². The molecule has 0 saturated carbocycles. The highest BCUT2D eigenvalue weighted by Crippen LogP contribution is 2.33. The van der Waals surface area contributed by atoms with Gasteiger partial charge in [-0.15, -0.1) is 0 Å². The molecule has 0 spiro atoms. The lowest BCUT2D eigenvalue weighted by atomic mass is 9.96. The lowest BCUT2D eigenvalue weighted by molar-refractivity contribution is -0.379. The predicted molar refractivity (Wildman–Crippen MR) is 350 cm³/mol. The molecule has 1 amide bonds. The van der Waals surface area contributed by atoms with Crippen LogP contribution in [-0.4, -0.2) is 193 Å². The minimum Gasteiger partial charge on any atom is -0.394 e. The first kappa shape index (κ1) is 80.4. The second kappa shape index (κ2) is 51.6. The van der Waals surface area contributed by atoms with Gasteiger partial charge in [0.1, 0.15) is 73.2 Å². The van der Waals surface area contributed by atoms with E-state index >= 15 is 0 Å². The molecule has 3 fully saturated rings. The number of amides is 1. The van der Waals surface area contributed by atoms with E-state index in [9.17, 15) is 61.0 Å². The fourth-order valence-electron chi connectivity index (χ4n) is 10.6. The lowest BCUT2D eigenvalue weighted by Crippen LogP contribution is -2.66. The van der Waals surface area contributed by atoms with E-state index in [-0.39, 0.29) is 18.9 Å². The zero-order valence-electron chi connectivity index (χ0n) is 54.1. The number of nitrogens with one attached hydrogen (secondary N) is 1. The van der Waals surface area contributed by atoms with Crippen LogP contribution in [0, 0.1) is 0 Å². The van der Waals surface area contributed by atoms with E-state index in [1.165, 1.54) is 51.4 Å². The number of carbonyl (C=O) groups excluding carboxylic acids is 1. The average Bonchev–Trinajstić information content (AvgIpc) is 1.08. The van der Waals surface area contributed by atoms with Gasteiger partial charge in [0.2, 0.25) is 5.91 Å². The SMILES string of the molecule is CC/C=C\C/C=C\C/C=C\C/C=C\C/C=C\C/C=C\C/C=C\CCCCCCCCCCCCCCCC(=O)NC(COC1OC(CO)C(OC2OC(CO)C(OC3OC(CO)C(O)C(O)C3O)C(O)C2O)C(O)C1O)C(O)/C=C/CC/C=C/CC/C=C/CC. The Kier molecular flexibility index (Phi) is 46.1. The Bertz CT molecular complexity index is 2100. The summed E-state index contributed by atoms with van der Waals surface area (Å²) in [5.74, 6) is -0.300. The smallest absolute Gasteiger partial charge is 0.220 e. The van der Waals surface area contributed by atoms with Gasteiger partial charge in [0.25, 0.3) is 0 Å². The van der Waals surface area contributed by atoms with Gasteiger partial charge >= 0.3 is 0 Å². The second-order valence-electron chi connectivity index (χ2n) is 23.5. The molecular formula is C71H117NO18. The summed E-state index contributed by atoms with van der Waals surface area (Å²) in [6.07, 6.45) is 43.6. The molecule has 0 aromatic heterocycles. The molecule has 19 heteroatoms. The van der Waals surface area contributed by atoms with Crippen LogP contribution in [0.3, 0.4) is 0 Å². The number of hydrogen-bond acceptors (Lipinski definition) is 18. The zero-order chi connectivity index (χ0) is 65.4. The highest BCUT2D eigenvalue weighted by molar-refractivity contribution is 5.76. The summed E-state index contributed by atoms with van der Waals surface area (Å²) in [6, 6.07) is -1.00. The first-order valence-corrected chi connectivity index (χ1v) is 33.8. The quantitative estimate of drug-likeness (QED) is 0.0201. The molecule has 17 unspecified atom stereocenters. The van der Waals surface area contributed by atoms with Gasteiger partial charge in [-0.2, -0.15) is 0 Å². The number of aliphatic hydroxyl groups is 11. The first-order valence-electron chi connectivity index (χ1n) is 33.8. The summed E-state index contributed by atoms with van der Waals surface area (Å²) < 4.78 is 34.2. The van der Waals surface area contributed by atoms with Crippen molar-refractivity contribution in [2.45, 2.75) is 291 Å². The average molecular weight is 1270 g/mol. The topological polar surface area (TPSA) is 307 Å². The molecule has 0 aromatic rings. The Hall–Kier alpha value is -3.81. The van der Waals surface area contributed by atoms with Crippen molar-refractivity contribution in [2.75, 3.05) is 26.4 Å². The van der Waals surface area contributed by atoms with E-state index in [2.05, 4.69) is 129 Å². The molecule has 17 atom stereocenters. The summed E-state index contributed by atoms with van der Waals surface area (Å²) in [6.45, 7) is 1.42. The van der Waals surface area contributed by atoms with E-state index in [4.69, 9.17) is 28.4 Å². The van der Waals surface area contributed by atoms with Crippen molar-refractivity contribution in [3.05, 3.63) is 122 Å². The van der Waals surface area contributed by atoms with Gasteiger partial charge in [0, 0.05) is 6.42 Å². The summed E-state index contributed by atoms with van der Waals surface area (Å²) in [7, 11) is 0. The maximum atomic E-state index is 13.3. The van der Waals surface area contributed by atoms with E-state index in [1.807, 2.05) is 6.08 Å². The highest BCUT2D eigenvalue weighted by atomic mass is 16.8. The normalized spacial score (nSPS) is 28.8. The van der Waals surface area contributed by atoms with E-state index in [0.29, 0.717) is 12.8 Å². The summed E-state index contributed by atoms with van der Waals surface area (Å²) in [4.78, 5) is 13.3. The number of ether oxygens (including phenoxy) is 6. The van der Waals surface area contributed by atoms with Crippen molar-refractivity contribution in [3.8, 4) is 0 Å². The Morgan fingerprint density at radius 1 is 0.400 bits per heavy atom. The monoisotopic (exact) mass is 1270 g/mol. The molecule has 90 heavy (non-hydrogen) atoms. The molecule has 514 valence electrons. The van der Waals surface area contributed by atoms with Gasteiger partial charge < -0.3 is 89.9 Å². The fourth-order valence-corrected chi connectivity index (χ4v) is 10.6. The minimum absolute atomic E-state index is 0.222. The van der Waals surface area contributed by atoms with Crippen molar-refractivity contribution in [1.29, 1.82) is 0 Å². The molecule has 19 nitrogen and oxygen atoms in total. The Balaban J connectivity index is 1.34. The van der Waals surface area contributed by atoms with E-state index < -0.39 is 124 Å². The molecule has 3 rings (SSSR count). The van der Waals surface area contributed by atoms with Crippen molar-refractivity contribution in [1.82, 2.24) is 5.32 Å². The van der Waals surface area contributed by atoms with Crippen LogP contribution in [0.2, 0.25) is 0 Å². The molecule has 12 N–H and O–H groups in total. The van der Waals surface area contributed by atoms with Crippen LogP contribution in [0.5, 0.6) is 0 Å². The zero-order valence-corrected chi connectivity index (χ0v) is 54.1. The first-order chi connectivity index (χ1) is 43.8.